The van der Waals surface area contributed by atoms with Crippen molar-refractivity contribution >= 4 is 16.8 Å². The zero-order valence-corrected chi connectivity index (χ0v) is 14.2. The van der Waals surface area contributed by atoms with Crippen LogP contribution in [0.2, 0.25) is 0 Å². The standard InChI is InChI=1S/C21H20N2O2/c1-3-12-23(14-16-9-5-4-8-15(16)2)21(25)19-13-20(24)17-10-6-7-11-18(17)22-19/h3-11,13H,1,12,14H2,2H3,(H,22,24). The third kappa shape index (κ3) is 3.53. The Hall–Kier alpha value is -3.14. The largest absolute Gasteiger partial charge is 0.350 e. The fourth-order valence-corrected chi connectivity index (χ4v) is 2.85. The van der Waals surface area contributed by atoms with Crippen LogP contribution in [0.5, 0.6) is 0 Å². The zero-order chi connectivity index (χ0) is 17.8. The maximum atomic E-state index is 13.0. The van der Waals surface area contributed by atoms with Gasteiger partial charge in [0.25, 0.3) is 5.91 Å². The van der Waals surface area contributed by atoms with E-state index in [2.05, 4.69) is 11.6 Å². The number of nitrogens with zero attached hydrogens (tertiary/aromatic N) is 1. The van der Waals surface area contributed by atoms with Crippen LogP contribution in [0.1, 0.15) is 21.6 Å². The summed E-state index contributed by atoms with van der Waals surface area (Å²) in [4.78, 5) is 30.0. The molecule has 1 N–H and O–H groups in total. The molecule has 1 aromatic heterocycles. The summed E-state index contributed by atoms with van der Waals surface area (Å²) in [6.07, 6.45) is 1.69. The van der Waals surface area contributed by atoms with Crippen molar-refractivity contribution in [1.29, 1.82) is 0 Å². The van der Waals surface area contributed by atoms with Crippen LogP contribution in [-0.4, -0.2) is 22.3 Å². The number of aromatic amines is 1. The van der Waals surface area contributed by atoms with Crippen molar-refractivity contribution in [3.05, 3.63) is 94.3 Å². The van der Waals surface area contributed by atoms with Crippen molar-refractivity contribution in [3.63, 3.8) is 0 Å². The van der Waals surface area contributed by atoms with Gasteiger partial charge >= 0.3 is 0 Å². The number of benzene rings is 2. The number of hydrogen-bond acceptors (Lipinski definition) is 2. The molecular formula is C21H20N2O2. The number of amides is 1. The topological polar surface area (TPSA) is 53.2 Å². The van der Waals surface area contributed by atoms with E-state index in [1.165, 1.54) is 6.07 Å². The Kier molecular flexibility index (Phi) is 4.80. The molecule has 4 heteroatoms. The molecule has 0 bridgehead atoms. The van der Waals surface area contributed by atoms with Gasteiger partial charge in [-0.05, 0) is 30.2 Å². The first kappa shape index (κ1) is 16.7. The summed E-state index contributed by atoms with van der Waals surface area (Å²) in [6, 6.07) is 16.5. The summed E-state index contributed by atoms with van der Waals surface area (Å²) >= 11 is 0. The highest BCUT2D eigenvalue weighted by Crippen LogP contribution is 2.14. The average molecular weight is 332 g/mol. The van der Waals surface area contributed by atoms with Crippen LogP contribution in [0.4, 0.5) is 0 Å². The molecule has 0 saturated carbocycles. The first-order valence-corrected chi connectivity index (χ1v) is 8.17. The summed E-state index contributed by atoms with van der Waals surface area (Å²) < 4.78 is 0. The van der Waals surface area contributed by atoms with E-state index in [1.54, 1.807) is 29.2 Å². The molecule has 1 amide bonds. The molecule has 3 aromatic rings. The number of para-hydroxylation sites is 1. The van der Waals surface area contributed by atoms with Gasteiger partial charge < -0.3 is 9.88 Å². The number of aryl methyl sites for hydroxylation is 1. The van der Waals surface area contributed by atoms with Crippen molar-refractivity contribution in [1.82, 2.24) is 9.88 Å². The number of hydrogen-bond donors (Lipinski definition) is 1. The Labute approximate surface area is 146 Å². The number of nitrogens with one attached hydrogen (secondary N) is 1. The molecule has 25 heavy (non-hydrogen) atoms. The van der Waals surface area contributed by atoms with Gasteiger partial charge in [0.1, 0.15) is 5.69 Å². The van der Waals surface area contributed by atoms with E-state index < -0.39 is 0 Å². The van der Waals surface area contributed by atoms with Gasteiger partial charge in [0.2, 0.25) is 0 Å². The summed E-state index contributed by atoms with van der Waals surface area (Å²) in [6.45, 7) is 6.63. The van der Waals surface area contributed by atoms with Crippen molar-refractivity contribution in [2.75, 3.05) is 6.54 Å². The summed E-state index contributed by atoms with van der Waals surface area (Å²) in [5.41, 5.74) is 2.98. The van der Waals surface area contributed by atoms with E-state index >= 15 is 0 Å². The lowest BCUT2D eigenvalue weighted by atomic mass is 10.1. The molecule has 0 aliphatic heterocycles. The third-order valence-corrected chi connectivity index (χ3v) is 4.23. The van der Waals surface area contributed by atoms with E-state index in [4.69, 9.17) is 0 Å². The second kappa shape index (κ2) is 7.18. The van der Waals surface area contributed by atoms with Gasteiger partial charge in [-0.1, -0.05) is 42.5 Å². The van der Waals surface area contributed by atoms with Crippen LogP contribution in [-0.2, 0) is 6.54 Å². The summed E-state index contributed by atoms with van der Waals surface area (Å²) in [5, 5.41) is 0.577. The third-order valence-electron chi connectivity index (χ3n) is 4.23. The first-order valence-electron chi connectivity index (χ1n) is 8.17. The highest BCUT2D eigenvalue weighted by atomic mass is 16.2. The molecule has 0 radical (unpaired) electrons. The maximum absolute atomic E-state index is 13.0. The molecule has 2 aromatic carbocycles. The van der Waals surface area contributed by atoms with E-state index in [0.29, 0.717) is 29.7 Å². The van der Waals surface area contributed by atoms with Gasteiger partial charge in [0, 0.05) is 30.1 Å². The zero-order valence-electron chi connectivity index (χ0n) is 14.2. The van der Waals surface area contributed by atoms with Crippen molar-refractivity contribution < 1.29 is 4.79 Å². The number of carbonyl (C=O) groups is 1. The second-order valence-electron chi connectivity index (χ2n) is 5.99. The minimum atomic E-state index is -0.217. The number of rotatable bonds is 5. The molecule has 126 valence electrons. The van der Waals surface area contributed by atoms with E-state index in [9.17, 15) is 9.59 Å². The number of H-pyrrole nitrogens is 1. The number of carbonyl (C=O) groups excluding carboxylic acids is 1. The Morgan fingerprint density at radius 1 is 1.16 bits per heavy atom. The highest BCUT2D eigenvalue weighted by Gasteiger charge is 2.17. The molecule has 0 fully saturated rings. The van der Waals surface area contributed by atoms with Gasteiger partial charge in [-0.25, -0.2) is 0 Å². The molecule has 0 aliphatic rings. The lowest BCUT2D eigenvalue weighted by Crippen LogP contribution is -2.32. The van der Waals surface area contributed by atoms with Gasteiger partial charge in [-0.2, -0.15) is 0 Å². The van der Waals surface area contributed by atoms with Gasteiger partial charge in [0.15, 0.2) is 5.43 Å². The minimum Gasteiger partial charge on any atom is -0.350 e. The van der Waals surface area contributed by atoms with Crippen LogP contribution in [0.15, 0.2) is 72.0 Å². The SMILES string of the molecule is C=CCN(Cc1ccccc1C)C(=O)c1cc(=O)c2ccccc2[nH]1. The Balaban J connectivity index is 1.97. The predicted octanol–water partition coefficient (Wildman–Crippen LogP) is 3.66. The van der Waals surface area contributed by atoms with Crippen LogP contribution in [0.3, 0.4) is 0 Å². The van der Waals surface area contributed by atoms with Crippen LogP contribution >= 0.6 is 0 Å². The van der Waals surface area contributed by atoms with Crippen molar-refractivity contribution in [2.45, 2.75) is 13.5 Å². The fraction of sp³-hybridized carbons (Fsp3) is 0.143. The van der Waals surface area contributed by atoms with E-state index in [-0.39, 0.29) is 11.3 Å². The lowest BCUT2D eigenvalue weighted by Gasteiger charge is -2.22. The molecule has 3 rings (SSSR count). The molecule has 1 heterocycles. The van der Waals surface area contributed by atoms with Gasteiger partial charge in [-0.3, -0.25) is 9.59 Å². The summed E-state index contributed by atoms with van der Waals surface area (Å²) in [7, 11) is 0. The summed E-state index contributed by atoms with van der Waals surface area (Å²) in [5.74, 6) is -0.217. The first-order chi connectivity index (χ1) is 12.1. The lowest BCUT2D eigenvalue weighted by molar-refractivity contribution is 0.0757. The van der Waals surface area contributed by atoms with Crippen LogP contribution < -0.4 is 5.43 Å². The van der Waals surface area contributed by atoms with Crippen molar-refractivity contribution in [3.8, 4) is 0 Å². The molecule has 0 saturated heterocycles. The normalized spacial score (nSPS) is 10.6. The smallest absolute Gasteiger partial charge is 0.271 e. The number of pyridine rings is 1. The van der Waals surface area contributed by atoms with E-state index in [1.807, 2.05) is 37.3 Å². The average Bonchev–Trinajstić information content (AvgIpc) is 2.62. The van der Waals surface area contributed by atoms with E-state index in [0.717, 1.165) is 11.1 Å². The Morgan fingerprint density at radius 2 is 1.88 bits per heavy atom. The number of fused-ring (bicyclic) bond motifs is 1. The fourth-order valence-electron chi connectivity index (χ4n) is 2.85. The van der Waals surface area contributed by atoms with Gasteiger partial charge in [0.05, 0.1) is 0 Å². The van der Waals surface area contributed by atoms with Crippen molar-refractivity contribution in [2.24, 2.45) is 0 Å². The minimum absolute atomic E-state index is 0.160. The quantitative estimate of drug-likeness (QED) is 0.725. The molecule has 0 spiro atoms. The maximum Gasteiger partial charge on any atom is 0.271 e. The predicted molar refractivity (Wildman–Crippen MR) is 101 cm³/mol. The van der Waals surface area contributed by atoms with Gasteiger partial charge in [-0.15, -0.1) is 6.58 Å². The molecule has 4 nitrogen and oxygen atoms in total. The molecule has 0 atom stereocenters. The molecular weight excluding hydrogens is 312 g/mol. The van der Waals surface area contributed by atoms with Crippen LogP contribution in [0.25, 0.3) is 10.9 Å². The molecule has 0 unspecified atom stereocenters. The highest BCUT2D eigenvalue weighted by molar-refractivity contribution is 5.95. The Bertz CT molecular complexity index is 988. The Morgan fingerprint density at radius 3 is 2.64 bits per heavy atom. The monoisotopic (exact) mass is 332 g/mol. The van der Waals surface area contributed by atoms with Crippen LogP contribution in [0, 0.1) is 6.92 Å². The second-order valence-corrected chi connectivity index (χ2v) is 5.99. The molecule has 0 aliphatic carbocycles. The number of aromatic nitrogens is 1.